The first-order valence-corrected chi connectivity index (χ1v) is 1.42. The van der Waals surface area contributed by atoms with E-state index in [4.69, 9.17) is 0 Å². The number of ether oxygens (including phenoxy) is 1. The van der Waals surface area contributed by atoms with Crippen LogP contribution in [0.1, 0.15) is 0 Å². The molecule has 0 unspecified atom stereocenters. The zero-order chi connectivity index (χ0) is 4.99. The van der Waals surface area contributed by atoms with Crippen molar-refractivity contribution in [3.05, 3.63) is 7.11 Å². The van der Waals surface area contributed by atoms with Crippen molar-refractivity contribution in [3.8, 4) is 0 Å². The van der Waals surface area contributed by atoms with E-state index in [9.17, 15) is 8.78 Å². The maximum Gasteiger partial charge on any atom is 1.00 e. The zero-order valence-electron chi connectivity index (χ0n) is 4.16. The van der Waals surface area contributed by atoms with Crippen molar-refractivity contribution < 1.29 is 64.9 Å². The third kappa shape index (κ3) is 11.2. The molecular formula is C3H5F2KO. The Kier molecular flexibility index (Phi) is 12.0. The second kappa shape index (κ2) is 7.46. The fourth-order valence-corrected chi connectivity index (χ4v) is 0.0891. The van der Waals surface area contributed by atoms with Crippen molar-refractivity contribution >= 4 is 0 Å². The van der Waals surface area contributed by atoms with E-state index in [1.54, 1.807) is 0 Å². The molecule has 0 heterocycles. The average Bonchev–Trinajstić information content (AvgIpc) is 1.35. The Morgan fingerprint density at radius 3 is 2.00 bits per heavy atom. The van der Waals surface area contributed by atoms with Gasteiger partial charge in [0.1, 0.15) is 0 Å². The zero-order valence-corrected chi connectivity index (χ0v) is 7.28. The fraction of sp³-hybridized carbons (Fsp3) is 0.667. The van der Waals surface area contributed by atoms with E-state index in [1.807, 2.05) is 0 Å². The van der Waals surface area contributed by atoms with E-state index in [1.165, 1.54) is 0 Å². The van der Waals surface area contributed by atoms with Crippen LogP contribution in [0.15, 0.2) is 0 Å². The minimum atomic E-state index is -2.39. The standard InChI is InChI=1S/C3H5F2O.K/c1-6-2-3(4)5;/h3H,1-2H2;/q-1;+1. The molecule has 0 N–H and O–H groups in total. The van der Waals surface area contributed by atoms with Crippen LogP contribution in [-0.4, -0.2) is 13.0 Å². The van der Waals surface area contributed by atoms with E-state index in [2.05, 4.69) is 11.8 Å². The molecule has 1 nitrogen and oxygen atoms in total. The number of rotatable bonds is 2. The van der Waals surface area contributed by atoms with Gasteiger partial charge in [0.15, 0.2) is 0 Å². The van der Waals surface area contributed by atoms with Gasteiger partial charge in [0, 0.05) is 0 Å². The summed E-state index contributed by atoms with van der Waals surface area (Å²) in [6, 6.07) is 0. The molecule has 0 aromatic rings. The first-order chi connectivity index (χ1) is 2.77. The van der Waals surface area contributed by atoms with E-state index < -0.39 is 13.0 Å². The van der Waals surface area contributed by atoms with Crippen LogP contribution in [0.4, 0.5) is 8.78 Å². The Balaban J connectivity index is 0. The largest absolute Gasteiger partial charge is 1.00 e. The number of halogens is 2. The summed E-state index contributed by atoms with van der Waals surface area (Å²) in [5, 5.41) is 0. The van der Waals surface area contributed by atoms with Crippen LogP contribution in [0.2, 0.25) is 0 Å². The van der Waals surface area contributed by atoms with E-state index in [0.717, 1.165) is 0 Å². The Morgan fingerprint density at radius 1 is 1.57 bits per heavy atom. The Hall–Kier alpha value is 1.46. The molecule has 0 aliphatic rings. The molecule has 0 fully saturated rings. The summed E-state index contributed by atoms with van der Waals surface area (Å²) in [5.74, 6) is 0. The quantitative estimate of drug-likeness (QED) is 0.315. The maximum atomic E-state index is 10.9. The van der Waals surface area contributed by atoms with Crippen LogP contribution in [0.5, 0.6) is 0 Å². The van der Waals surface area contributed by atoms with Gasteiger partial charge in [0.05, 0.1) is 6.61 Å². The molecule has 0 aromatic carbocycles. The first-order valence-electron chi connectivity index (χ1n) is 1.42. The molecule has 0 radical (unpaired) electrons. The summed E-state index contributed by atoms with van der Waals surface area (Å²) in [6.07, 6.45) is -2.39. The summed E-state index contributed by atoms with van der Waals surface area (Å²) in [4.78, 5) is 0. The smallest absolute Gasteiger partial charge is 0.551 e. The first kappa shape index (κ1) is 11.3. The van der Waals surface area contributed by atoms with Crippen LogP contribution in [0.25, 0.3) is 0 Å². The Bertz CT molecular complexity index is 34.1. The Labute approximate surface area is 83.8 Å². The van der Waals surface area contributed by atoms with Crippen LogP contribution in [-0.2, 0) is 4.74 Å². The predicted molar refractivity (Wildman–Crippen MR) is 17.3 cm³/mol. The Morgan fingerprint density at radius 2 is 2.00 bits per heavy atom. The maximum absolute atomic E-state index is 10.9. The summed E-state index contributed by atoms with van der Waals surface area (Å²) in [6.45, 7) is -0.569. The van der Waals surface area contributed by atoms with Gasteiger partial charge < -0.3 is 4.74 Å². The number of hydrogen-bond donors (Lipinski definition) is 0. The van der Waals surface area contributed by atoms with Crippen molar-refractivity contribution in [1.29, 1.82) is 0 Å². The molecule has 0 amide bonds. The minimum Gasteiger partial charge on any atom is -0.551 e. The molecule has 38 valence electrons. The molecule has 0 aliphatic carbocycles. The normalized spacial score (nSPS) is 8.57. The van der Waals surface area contributed by atoms with Gasteiger partial charge >= 0.3 is 51.4 Å². The third-order valence-electron chi connectivity index (χ3n) is 0.244. The topological polar surface area (TPSA) is 9.23 Å². The van der Waals surface area contributed by atoms with Crippen LogP contribution >= 0.6 is 0 Å². The van der Waals surface area contributed by atoms with Gasteiger partial charge in [-0.2, -0.15) is 0 Å². The van der Waals surface area contributed by atoms with Crippen LogP contribution in [0, 0.1) is 7.11 Å². The summed E-state index contributed by atoms with van der Waals surface area (Å²) >= 11 is 0. The molecule has 7 heavy (non-hydrogen) atoms. The van der Waals surface area contributed by atoms with Gasteiger partial charge in [-0.05, 0) is 0 Å². The molecule has 0 atom stereocenters. The second-order valence-electron chi connectivity index (χ2n) is 0.762. The summed E-state index contributed by atoms with van der Waals surface area (Å²) in [7, 11) is 2.75. The van der Waals surface area contributed by atoms with Crippen LogP contribution < -0.4 is 51.4 Å². The molecule has 0 saturated carbocycles. The van der Waals surface area contributed by atoms with Gasteiger partial charge in [-0.1, -0.05) is 0 Å². The molecule has 0 aromatic heterocycles. The fourth-order valence-electron chi connectivity index (χ4n) is 0.0891. The number of alkyl halides is 2. The molecule has 0 bridgehead atoms. The van der Waals surface area contributed by atoms with Gasteiger partial charge in [0.25, 0.3) is 6.43 Å². The number of hydrogen-bond acceptors (Lipinski definition) is 1. The monoisotopic (exact) mass is 134 g/mol. The van der Waals surface area contributed by atoms with Crippen molar-refractivity contribution in [2.45, 2.75) is 6.43 Å². The predicted octanol–water partition coefficient (Wildman–Crippen LogP) is -1.94. The van der Waals surface area contributed by atoms with Crippen LogP contribution in [0.3, 0.4) is 0 Å². The second-order valence-corrected chi connectivity index (χ2v) is 0.762. The molecule has 0 saturated heterocycles. The minimum absolute atomic E-state index is 0. The average molecular weight is 134 g/mol. The molecular weight excluding hydrogens is 129 g/mol. The SMILES string of the molecule is [CH2-]OCC(F)F.[K+]. The molecule has 0 spiro atoms. The molecule has 4 heteroatoms. The van der Waals surface area contributed by atoms with E-state index >= 15 is 0 Å². The van der Waals surface area contributed by atoms with Gasteiger partial charge in [-0.25, -0.2) is 15.9 Å². The van der Waals surface area contributed by atoms with E-state index in [-0.39, 0.29) is 51.4 Å². The van der Waals surface area contributed by atoms with Crippen molar-refractivity contribution in [2.24, 2.45) is 0 Å². The van der Waals surface area contributed by atoms with Crippen molar-refractivity contribution in [3.63, 3.8) is 0 Å². The van der Waals surface area contributed by atoms with E-state index in [0.29, 0.717) is 0 Å². The summed E-state index contributed by atoms with van der Waals surface area (Å²) in [5.41, 5.74) is 0. The van der Waals surface area contributed by atoms with Gasteiger partial charge in [-0.15, -0.1) is 0 Å². The van der Waals surface area contributed by atoms with Gasteiger partial charge in [-0.3, -0.25) is 0 Å². The molecule has 0 aliphatic heterocycles. The molecule has 0 rings (SSSR count). The van der Waals surface area contributed by atoms with Crippen molar-refractivity contribution in [2.75, 3.05) is 6.61 Å². The third-order valence-corrected chi connectivity index (χ3v) is 0.244. The van der Waals surface area contributed by atoms with Gasteiger partial charge in [0.2, 0.25) is 0 Å². The summed E-state index contributed by atoms with van der Waals surface area (Å²) < 4.78 is 25.5. The van der Waals surface area contributed by atoms with Crippen molar-refractivity contribution in [1.82, 2.24) is 0 Å².